The number of carbonyl (C=O) groups is 1. The van der Waals surface area contributed by atoms with Crippen LogP contribution in [0.4, 0.5) is 0 Å². The molecule has 1 unspecified atom stereocenters. The van der Waals surface area contributed by atoms with Gasteiger partial charge in [0.2, 0.25) is 5.91 Å². The molecule has 2 rings (SSSR count). The van der Waals surface area contributed by atoms with Crippen molar-refractivity contribution in [1.82, 2.24) is 5.32 Å². The molecule has 1 saturated carbocycles. The van der Waals surface area contributed by atoms with Crippen molar-refractivity contribution >= 4 is 5.91 Å². The Labute approximate surface area is 103 Å². The predicted octanol–water partition coefficient (Wildman–Crippen LogP) is 2.91. The van der Waals surface area contributed by atoms with Crippen molar-refractivity contribution in [2.24, 2.45) is 5.41 Å². The van der Waals surface area contributed by atoms with Gasteiger partial charge in [0.25, 0.3) is 0 Å². The van der Waals surface area contributed by atoms with Crippen LogP contribution in [0.15, 0.2) is 22.8 Å². The highest BCUT2D eigenvalue weighted by molar-refractivity contribution is 5.76. The first-order valence-electron chi connectivity index (χ1n) is 6.37. The summed E-state index contributed by atoms with van der Waals surface area (Å²) in [5.74, 6) is 1.02. The van der Waals surface area contributed by atoms with Gasteiger partial charge in [-0.2, -0.15) is 0 Å². The number of carbonyl (C=O) groups excluding carboxylic acids is 1. The van der Waals surface area contributed by atoms with E-state index in [4.69, 9.17) is 4.42 Å². The fraction of sp³-hybridized carbons (Fsp3) is 0.643. The molecule has 1 aromatic heterocycles. The largest absolute Gasteiger partial charge is 0.469 e. The van der Waals surface area contributed by atoms with Gasteiger partial charge < -0.3 is 9.73 Å². The Morgan fingerprint density at radius 1 is 1.59 bits per heavy atom. The number of hydrogen-bond donors (Lipinski definition) is 1. The Hall–Kier alpha value is -1.25. The first-order valence-corrected chi connectivity index (χ1v) is 6.37. The fourth-order valence-corrected chi connectivity index (χ4v) is 2.55. The molecule has 94 valence electrons. The molecule has 1 aliphatic rings. The Bertz CT molecular complexity index is 368. The molecule has 0 saturated heterocycles. The van der Waals surface area contributed by atoms with Crippen molar-refractivity contribution in [3.63, 3.8) is 0 Å². The molecule has 1 aliphatic carbocycles. The van der Waals surface area contributed by atoms with Gasteiger partial charge in [-0.3, -0.25) is 4.79 Å². The van der Waals surface area contributed by atoms with E-state index in [1.165, 1.54) is 6.42 Å². The summed E-state index contributed by atoms with van der Waals surface area (Å²) >= 11 is 0. The summed E-state index contributed by atoms with van der Waals surface area (Å²) in [6.45, 7) is 4.53. The second-order valence-electron chi connectivity index (χ2n) is 5.75. The Kier molecular flexibility index (Phi) is 3.55. The van der Waals surface area contributed by atoms with Gasteiger partial charge in [0.15, 0.2) is 0 Å². The zero-order valence-electron chi connectivity index (χ0n) is 10.7. The number of furan rings is 1. The maximum atomic E-state index is 11.8. The van der Waals surface area contributed by atoms with Crippen molar-refractivity contribution < 1.29 is 9.21 Å². The molecule has 0 aromatic carbocycles. The highest BCUT2D eigenvalue weighted by atomic mass is 16.3. The van der Waals surface area contributed by atoms with Crippen LogP contribution >= 0.6 is 0 Å². The topological polar surface area (TPSA) is 42.2 Å². The molecule has 0 aliphatic heterocycles. The lowest BCUT2D eigenvalue weighted by atomic mass is 9.92. The molecule has 1 aromatic rings. The van der Waals surface area contributed by atoms with E-state index < -0.39 is 0 Å². The second kappa shape index (κ2) is 4.94. The first kappa shape index (κ1) is 12.2. The number of nitrogens with one attached hydrogen (secondary N) is 1. The summed E-state index contributed by atoms with van der Waals surface area (Å²) in [5, 5.41) is 3.12. The van der Waals surface area contributed by atoms with E-state index in [0.717, 1.165) is 18.6 Å². The average molecular weight is 235 g/mol. The van der Waals surface area contributed by atoms with Crippen LogP contribution < -0.4 is 5.32 Å². The molecule has 3 nitrogen and oxygen atoms in total. The van der Waals surface area contributed by atoms with Gasteiger partial charge in [-0.25, -0.2) is 0 Å². The van der Waals surface area contributed by atoms with Gasteiger partial charge >= 0.3 is 0 Å². The molecule has 17 heavy (non-hydrogen) atoms. The lowest BCUT2D eigenvalue weighted by Gasteiger charge is -2.17. The standard InChI is InChI=1S/C14H21NO2/c1-14(2)8-7-11(10-14)15-13(16)6-5-12-4-3-9-17-12/h3-4,9,11H,5-8,10H2,1-2H3,(H,15,16). The molecule has 1 atom stereocenters. The lowest BCUT2D eigenvalue weighted by Crippen LogP contribution is -2.33. The van der Waals surface area contributed by atoms with Crippen LogP contribution in [-0.2, 0) is 11.2 Å². The highest BCUT2D eigenvalue weighted by Gasteiger charge is 2.31. The van der Waals surface area contributed by atoms with Crippen LogP contribution in [0.3, 0.4) is 0 Å². The van der Waals surface area contributed by atoms with Gasteiger partial charge in [-0.15, -0.1) is 0 Å². The summed E-state index contributed by atoms with van der Waals surface area (Å²) < 4.78 is 5.21. The minimum Gasteiger partial charge on any atom is -0.469 e. The number of rotatable bonds is 4. The van der Waals surface area contributed by atoms with E-state index in [9.17, 15) is 4.79 Å². The summed E-state index contributed by atoms with van der Waals surface area (Å²) in [6.07, 6.45) is 6.27. The van der Waals surface area contributed by atoms with E-state index in [1.807, 2.05) is 12.1 Å². The van der Waals surface area contributed by atoms with Crippen LogP contribution in [0, 0.1) is 5.41 Å². The molecule has 1 heterocycles. The molecule has 3 heteroatoms. The summed E-state index contributed by atoms with van der Waals surface area (Å²) in [6, 6.07) is 4.13. The molecule has 1 amide bonds. The monoisotopic (exact) mass is 235 g/mol. The molecule has 1 fully saturated rings. The molecule has 0 bridgehead atoms. The van der Waals surface area contributed by atoms with Crippen LogP contribution in [0.1, 0.15) is 45.3 Å². The lowest BCUT2D eigenvalue weighted by molar-refractivity contribution is -0.121. The first-order chi connectivity index (χ1) is 8.05. The van der Waals surface area contributed by atoms with E-state index in [2.05, 4.69) is 19.2 Å². The Morgan fingerprint density at radius 3 is 3.00 bits per heavy atom. The molecular weight excluding hydrogens is 214 g/mol. The summed E-state index contributed by atoms with van der Waals surface area (Å²) in [7, 11) is 0. The summed E-state index contributed by atoms with van der Waals surface area (Å²) in [4.78, 5) is 11.8. The number of hydrogen-bond acceptors (Lipinski definition) is 2. The van der Waals surface area contributed by atoms with Gasteiger partial charge in [0, 0.05) is 18.9 Å². The van der Waals surface area contributed by atoms with Crippen molar-refractivity contribution in [1.29, 1.82) is 0 Å². The third-order valence-electron chi connectivity index (χ3n) is 3.51. The van der Waals surface area contributed by atoms with Crippen molar-refractivity contribution in [3.05, 3.63) is 24.2 Å². The van der Waals surface area contributed by atoms with Gasteiger partial charge in [0.05, 0.1) is 6.26 Å². The number of amides is 1. The minimum atomic E-state index is 0.143. The van der Waals surface area contributed by atoms with Crippen LogP contribution in [-0.4, -0.2) is 11.9 Å². The second-order valence-corrected chi connectivity index (χ2v) is 5.75. The summed E-state index contributed by atoms with van der Waals surface area (Å²) in [5.41, 5.74) is 0.388. The van der Waals surface area contributed by atoms with Crippen molar-refractivity contribution in [3.8, 4) is 0 Å². The van der Waals surface area contributed by atoms with Crippen LogP contribution in [0.25, 0.3) is 0 Å². The zero-order valence-corrected chi connectivity index (χ0v) is 10.7. The SMILES string of the molecule is CC1(C)CCC(NC(=O)CCc2ccco2)C1. The van der Waals surface area contributed by atoms with Crippen LogP contribution in [0.5, 0.6) is 0 Å². The smallest absolute Gasteiger partial charge is 0.220 e. The third kappa shape index (κ3) is 3.62. The molecule has 0 spiro atoms. The van der Waals surface area contributed by atoms with E-state index in [0.29, 0.717) is 24.3 Å². The quantitative estimate of drug-likeness (QED) is 0.872. The Balaban J connectivity index is 1.71. The maximum absolute atomic E-state index is 11.8. The average Bonchev–Trinajstić information content (AvgIpc) is 2.85. The van der Waals surface area contributed by atoms with Crippen molar-refractivity contribution in [2.45, 2.75) is 52.0 Å². The predicted molar refractivity (Wildman–Crippen MR) is 66.6 cm³/mol. The van der Waals surface area contributed by atoms with E-state index in [1.54, 1.807) is 6.26 Å². The fourth-order valence-electron chi connectivity index (χ4n) is 2.55. The van der Waals surface area contributed by atoms with E-state index in [-0.39, 0.29) is 5.91 Å². The maximum Gasteiger partial charge on any atom is 0.220 e. The minimum absolute atomic E-state index is 0.143. The molecular formula is C14H21NO2. The van der Waals surface area contributed by atoms with Gasteiger partial charge in [-0.1, -0.05) is 13.8 Å². The van der Waals surface area contributed by atoms with E-state index >= 15 is 0 Å². The van der Waals surface area contributed by atoms with Gasteiger partial charge in [0.1, 0.15) is 5.76 Å². The van der Waals surface area contributed by atoms with Crippen LogP contribution in [0.2, 0.25) is 0 Å². The molecule has 0 radical (unpaired) electrons. The van der Waals surface area contributed by atoms with Crippen molar-refractivity contribution in [2.75, 3.05) is 0 Å². The third-order valence-corrected chi connectivity index (χ3v) is 3.51. The number of aryl methyl sites for hydroxylation is 1. The molecule has 1 N–H and O–H groups in total. The van der Waals surface area contributed by atoms with Gasteiger partial charge in [-0.05, 0) is 36.8 Å². The highest BCUT2D eigenvalue weighted by Crippen LogP contribution is 2.36. The zero-order chi connectivity index (χ0) is 12.3. The Morgan fingerprint density at radius 2 is 2.41 bits per heavy atom. The normalized spacial score (nSPS) is 22.6.